The average molecular weight is 371 g/mol. The number of hydrogen-bond acceptors (Lipinski definition) is 7. The fourth-order valence-electron chi connectivity index (χ4n) is 2.94. The minimum Gasteiger partial charge on any atom is -0.478 e. The highest BCUT2D eigenvalue weighted by Gasteiger charge is 2.37. The van der Waals surface area contributed by atoms with Crippen molar-refractivity contribution in [2.24, 2.45) is 0 Å². The van der Waals surface area contributed by atoms with E-state index in [1.165, 1.54) is 24.3 Å². The number of nitrogens with zero attached hydrogens (tertiary/aromatic N) is 2. The molecule has 0 aromatic heterocycles. The minimum absolute atomic E-state index is 0.00828. The van der Waals surface area contributed by atoms with E-state index in [4.69, 9.17) is 10.00 Å². The van der Waals surface area contributed by atoms with Crippen molar-refractivity contribution in [2.75, 3.05) is 6.61 Å². The zero-order chi connectivity index (χ0) is 20.1. The first-order chi connectivity index (χ1) is 12.8. The number of nitriles is 1. The smallest absolute Gasteiger partial charge is 0.336 e. The van der Waals surface area contributed by atoms with Gasteiger partial charge in [-0.05, 0) is 19.4 Å². The van der Waals surface area contributed by atoms with E-state index in [1.54, 1.807) is 13.8 Å². The maximum Gasteiger partial charge on any atom is 0.336 e. The predicted octanol–water partition coefficient (Wildman–Crippen LogP) is 2.37. The van der Waals surface area contributed by atoms with Gasteiger partial charge >= 0.3 is 11.9 Å². The second-order valence-corrected chi connectivity index (χ2v) is 5.83. The lowest BCUT2D eigenvalue weighted by Gasteiger charge is -2.29. The summed E-state index contributed by atoms with van der Waals surface area (Å²) in [5.41, 5.74) is 1.07. The number of ether oxygens (including phenoxy) is 1. The molecule has 0 amide bonds. The molecule has 140 valence electrons. The zero-order valence-electron chi connectivity index (χ0n) is 14.7. The number of dihydropyridines is 1. The summed E-state index contributed by atoms with van der Waals surface area (Å²) in [5, 5.41) is 32.0. The molecule has 1 aromatic carbocycles. The number of carbonyl (C=O) groups is 2. The van der Waals surface area contributed by atoms with Crippen molar-refractivity contribution in [1.29, 1.82) is 5.26 Å². The van der Waals surface area contributed by atoms with E-state index in [-0.39, 0.29) is 29.9 Å². The van der Waals surface area contributed by atoms with Crippen molar-refractivity contribution in [1.82, 2.24) is 5.32 Å². The second-order valence-electron chi connectivity index (χ2n) is 5.83. The Morgan fingerprint density at radius 3 is 2.37 bits per heavy atom. The van der Waals surface area contributed by atoms with Gasteiger partial charge < -0.3 is 15.2 Å². The zero-order valence-corrected chi connectivity index (χ0v) is 14.7. The molecule has 1 atom stereocenters. The molecule has 1 aliphatic rings. The SMILES string of the molecule is CC1=C(C(=O)O)C(c2ccc([N+](=O)[O-])cc2)C(C(=O)OCCC#N)=C(C)N1. The van der Waals surface area contributed by atoms with Gasteiger partial charge in [0.2, 0.25) is 0 Å². The molecule has 0 fully saturated rings. The first-order valence-electron chi connectivity index (χ1n) is 7.98. The summed E-state index contributed by atoms with van der Waals surface area (Å²) in [6, 6.07) is 7.19. The Balaban J connectivity index is 2.53. The van der Waals surface area contributed by atoms with Gasteiger partial charge in [-0.2, -0.15) is 5.26 Å². The molecular formula is C18H17N3O6. The van der Waals surface area contributed by atoms with E-state index < -0.39 is 22.8 Å². The fraction of sp³-hybridized carbons (Fsp3) is 0.278. The standard InChI is InChI=1S/C18H17N3O6/c1-10-14(17(22)23)16(12-4-6-13(7-5-12)21(25)26)15(11(2)20-10)18(24)27-9-3-8-19/h4-7,16,20H,3,9H2,1-2H3,(H,22,23). The van der Waals surface area contributed by atoms with E-state index in [2.05, 4.69) is 5.32 Å². The van der Waals surface area contributed by atoms with Crippen molar-refractivity contribution in [3.8, 4) is 6.07 Å². The van der Waals surface area contributed by atoms with Gasteiger partial charge in [-0.1, -0.05) is 12.1 Å². The number of esters is 1. The molecule has 1 heterocycles. The summed E-state index contributed by atoms with van der Waals surface area (Å²) >= 11 is 0. The van der Waals surface area contributed by atoms with Crippen LogP contribution in [0, 0.1) is 21.4 Å². The van der Waals surface area contributed by atoms with Crippen molar-refractivity contribution < 1.29 is 24.4 Å². The van der Waals surface area contributed by atoms with E-state index in [9.17, 15) is 24.8 Å². The van der Waals surface area contributed by atoms with Crippen LogP contribution in [0.4, 0.5) is 5.69 Å². The van der Waals surface area contributed by atoms with Gasteiger partial charge in [-0.3, -0.25) is 10.1 Å². The number of aliphatic carboxylic acids is 1. The van der Waals surface area contributed by atoms with Gasteiger partial charge in [0.05, 0.1) is 34.5 Å². The Morgan fingerprint density at radius 1 is 1.26 bits per heavy atom. The predicted molar refractivity (Wildman–Crippen MR) is 93.2 cm³/mol. The molecule has 0 spiro atoms. The first-order valence-corrected chi connectivity index (χ1v) is 7.98. The van der Waals surface area contributed by atoms with Crippen LogP contribution in [0.3, 0.4) is 0 Å². The van der Waals surface area contributed by atoms with Crippen LogP contribution in [0.5, 0.6) is 0 Å². The highest BCUT2D eigenvalue weighted by Crippen LogP contribution is 2.39. The minimum atomic E-state index is -1.22. The lowest BCUT2D eigenvalue weighted by molar-refractivity contribution is -0.384. The van der Waals surface area contributed by atoms with Crippen molar-refractivity contribution in [3.05, 3.63) is 62.5 Å². The van der Waals surface area contributed by atoms with Crippen LogP contribution in [0.25, 0.3) is 0 Å². The summed E-state index contributed by atoms with van der Waals surface area (Å²) < 4.78 is 5.09. The fourth-order valence-corrected chi connectivity index (χ4v) is 2.94. The van der Waals surface area contributed by atoms with Crippen molar-refractivity contribution >= 4 is 17.6 Å². The lowest BCUT2D eigenvalue weighted by atomic mass is 9.80. The summed E-state index contributed by atoms with van der Waals surface area (Å²) in [4.78, 5) is 34.7. The Morgan fingerprint density at radius 2 is 1.85 bits per heavy atom. The van der Waals surface area contributed by atoms with Crippen molar-refractivity contribution in [2.45, 2.75) is 26.2 Å². The number of benzene rings is 1. The van der Waals surface area contributed by atoms with Crippen LogP contribution in [0.1, 0.15) is 31.7 Å². The molecule has 1 aromatic rings. The quantitative estimate of drug-likeness (QED) is 0.336. The maximum atomic E-state index is 12.6. The van der Waals surface area contributed by atoms with E-state index in [0.717, 1.165) is 0 Å². The number of carbonyl (C=O) groups excluding carboxylic acids is 1. The number of non-ortho nitro benzene ring substituents is 1. The topological polar surface area (TPSA) is 143 Å². The Kier molecular flexibility index (Phi) is 5.92. The lowest BCUT2D eigenvalue weighted by Crippen LogP contribution is -2.31. The van der Waals surface area contributed by atoms with Gasteiger partial charge in [0, 0.05) is 23.5 Å². The van der Waals surface area contributed by atoms with Crippen molar-refractivity contribution in [3.63, 3.8) is 0 Å². The summed E-state index contributed by atoms with van der Waals surface area (Å²) in [5.74, 6) is -2.93. The molecule has 2 N–H and O–H groups in total. The Bertz CT molecular complexity index is 893. The van der Waals surface area contributed by atoms with Crippen LogP contribution < -0.4 is 5.32 Å². The number of rotatable bonds is 6. The summed E-state index contributed by atoms with van der Waals surface area (Å²) in [7, 11) is 0. The molecule has 0 bridgehead atoms. The molecule has 0 radical (unpaired) electrons. The number of nitrogens with one attached hydrogen (secondary N) is 1. The molecule has 0 saturated carbocycles. The van der Waals surface area contributed by atoms with Gasteiger partial charge in [0.1, 0.15) is 6.61 Å². The molecule has 0 aliphatic carbocycles. The number of carboxylic acids is 1. The molecule has 9 heteroatoms. The van der Waals surface area contributed by atoms with E-state index in [0.29, 0.717) is 17.0 Å². The number of carboxylic acid groups (broad SMARTS) is 1. The van der Waals surface area contributed by atoms with Crippen LogP contribution in [0.2, 0.25) is 0 Å². The third-order valence-electron chi connectivity index (χ3n) is 4.09. The first kappa shape index (κ1) is 19.7. The normalized spacial score (nSPS) is 16.4. The monoisotopic (exact) mass is 371 g/mol. The average Bonchev–Trinajstić information content (AvgIpc) is 2.60. The van der Waals surface area contributed by atoms with Crippen LogP contribution in [-0.4, -0.2) is 28.6 Å². The highest BCUT2D eigenvalue weighted by atomic mass is 16.6. The van der Waals surface area contributed by atoms with Gasteiger partial charge in [0.25, 0.3) is 5.69 Å². The molecule has 1 aliphatic heterocycles. The summed E-state index contributed by atoms with van der Waals surface area (Å²) in [6.45, 7) is 3.06. The third kappa shape index (κ3) is 4.12. The molecule has 1 unspecified atom stereocenters. The maximum absolute atomic E-state index is 12.6. The molecule has 0 saturated heterocycles. The number of nitro groups is 1. The van der Waals surface area contributed by atoms with Crippen LogP contribution in [0.15, 0.2) is 46.8 Å². The number of nitro benzene ring substituents is 1. The molecule has 9 nitrogen and oxygen atoms in total. The van der Waals surface area contributed by atoms with Crippen LogP contribution >= 0.6 is 0 Å². The largest absolute Gasteiger partial charge is 0.478 e. The number of hydrogen-bond donors (Lipinski definition) is 2. The molecule has 2 rings (SSSR count). The highest BCUT2D eigenvalue weighted by molar-refractivity contribution is 5.99. The van der Waals surface area contributed by atoms with Gasteiger partial charge in [-0.15, -0.1) is 0 Å². The molecular weight excluding hydrogens is 354 g/mol. The molecule has 27 heavy (non-hydrogen) atoms. The van der Waals surface area contributed by atoms with E-state index in [1.807, 2.05) is 6.07 Å². The van der Waals surface area contributed by atoms with Gasteiger partial charge in [-0.25, -0.2) is 9.59 Å². The number of allylic oxidation sites excluding steroid dienone is 2. The van der Waals surface area contributed by atoms with E-state index >= 15 is 0 Å². The third-order valence-corrected chi connectivity index (χ3v) is 4.09. The second kappa shape index (κ2) is 8.14. The summed E-state index contributed by atoms with van der Waals surface area (Å²) in [6.07, 6.45) is 0.00828. The van der Waals surface area contributed by atoms with Crippen LogP contribution in [-0.2, 0) is 14.3 Å². The Labute approximate surface area is 154 Å². The van der Waals surface area contributed by atoms with Gasteiger partial charge in [0.15, 0.2) is 0 Å². The Hall–Kier alpha value is -3.67.